The highest BCUT2D eigenvalue weighted by Crippen LogP contribution is 2.04. The van der Waals surface area contributed by atoms with Crippen LogP contribution in [0, 0.1) is 6.92 Å². The van der Waals surface area contributed by atoms with Crippen molar-refractivity contribution >= 4 is 0 Å². The molecule has 80 valence electrons. The second-order valence-corrected chi connectivity index (χ2v) is 3.44. The van der Waals surface area contributed by atoms with E-state index in [4.69, 9.17) is 4.42 Å². The minimum atomic E-state index is 0.821. The number of hydrogen-bond donors (Lipinski definition) is 2. The highest BCUT2D eigenvalue weighted by molar-refractivity contribution is 5.04. The van der Waals surface area contributed by atoms with E-state index in [1.165, 1.54) is 6.42 Å². The van der Waals surface area contributed by atoms with Crippen LogP contribution in [0.15, 0.2) is 16.5 Å². The zero-order chi connectivity index (χ0) is 10.2. The Morgan fingerprint density at radius 3 is 2.57 bits per heavy atom. The number of nitrogens with one attached hydrogen (secondary N) is 2. The van der Waals surface area contributed by atoms with Crippen LogP contribution in [0.5, 0.6) is 0 Å². The van der Waals surface area contributed by atoms with Gasteiger partial charge < -0.3 is 15.1 Å². The third-order valence-electron chi connectivity index (χ3n) is 2.00. The number of furan rings is 1. The summed E-state index contributed by atoms with van der Waals surface area (Å²) in [6.45, 7) is 8.06. The summed E-state index contributed by atoms with van der Waals surface area (Å²) in [5.74, 6) is 1.99. The third-order valence-corrected chi connectivity index (χ3v) is 2.00. The molecule has 3 nitrogen and oxygen atoms in total. The van der Waals surface area contributed by atoms with Crippen molar-refractivity contribution in [1.29, 1.82) is 0 Å². The molecule has 2 N–H and O–H groups in total. The molecule has 0 atom stereocenters. The monoisotopic (exact) mass is 196 g/mol. The Morgan fingerprint density at radius 1 is 1.14 bits per heavy atom. The van der Waals surface area contributed by atoms with E-state index in [1.807, 2.05) is 19.1 Å². The maximum Gasteiger partial charge on any atom is 0.117 e. The summed E-state index contributed by atoms with van der Waals surface area (Å²) in [7, 11) is 0. The van der Waals surface area contributed by atoms with Gasteiger partial charge in [0.25, 0.3) is 0 Å². The van der Waals surface area contributed by atoms with Crippen LogP contribution in [0.1, 0.15) is 24.9 Å². The van der Waals surface area contributed by atoms with Crippen molar-refractivity contribution in [3.05, 3.63) is 23.7 Å². The lowest BCUT2D eigenvalue weighted by molar-refractivity contribution is 0.460. The molecule has 3 heteroatoms. The van der Waals surface area contributed by atoms with Crippen molar-refractivity contribution in [1.82, 2.24) is 10.6 Å². The summed E-state index contributed by atoms with van der Waals surface area (Å²) in [6, 6.07) is 4.01. The quantitative estimate of drug-likeness (QED) is 0.651. The van der Waals surface area contributed by atoms with E-state index < -0.39 is 0 Å². The number of aryl methyl sites for hydroxylation is 1. The summed E-state index contributed by atoms with van der Waals surface area (Å²) >= 11 is 0. The van der Waals surface area contributed by atoms with Gasteiger partial charge in [-0.1, -0.05) is 6.92 Å². The van der Waals surface area contributed by atoms with E-state index in [0.717, 1.165) is 37.7 Å². The topological polar surface area (TPSA) is 37.2 Å². The van der Waals surface area contributed by atoms with Gasteiger partial charge in [-0.25, -0.2) is 0 Å². The van der Waals surface area contributed by atoms with Gasteiger partial charge in [0.15, 0.2) is 0 Å². The van der Waals surface area contributed by atoms with Crippen molar-refractivity contribution in [2.45, 2.75) is 26.8 Å². The molecule has 0 amide bonds. The summed E-state index contributed by atoms with van der Waals surface area (Å²) in [5, 5.41) is 6.65. The van der Waals surface area contributed by atoms with Crippen LogP contribution >= 0.6 is 0 Å². The van der Waals surface area contributed by atoms with Crippen molar-refractivity contribution in [3.63, 3.8) is 0 Å². The third kappa shape index (κ3) is 4.44. The van der Waals surface area contributed by atoms with E-state index >= 15 is 0 Å². The maximum absolute atomic E-state index is 5.43. The van der Waals surface area contributed by atoms with Crippen molar-refractivity contribution < 1.29 is 4.42 Å². The van der Waals surface area contributed by atoms with Gasteiger partial charge in [-0.05, 0) is 32.0 Å². The summed E-state index contributed by atoms with van der Waals surface area (Å²) < 4.78 is 5.43. The van der Waals surface area contributed by atoms with E-state index in [0.29, 0.717) is 0 Å². The van der Waals surface area contributed by atoms with Crippen LogP contribution in [-0.2, 0) is 6.54 Å². The van der Waals surface area contributed by atoms with Gasteiger partial charge in [-0.2, -0.15) is 0 Å². The molecular formula is C11H20N2O. The molecule has 0 radical (unpaired) electrons. The molecule has 0 aromatic carbocycles. The summed E-state index contributed by atoms with van der Waals surface area (Å²) in [4.78, 5) is 0. The first-order chi connectivity index (χ1) is 6.83. The zero-order valence-electron chi connectivity index (χ0n) is 9.10. The first-order valence-electron chi connectivity index (χ1n) is 5.29. The van der Waals surface area contributed by atoms with Gasteiger partial charge in [0.1, 0.15) is 11.5 Å². The average Bonchev–Trinajstić information content (AvgIpc) is 2.58. The summed E-state index contributed by atoms with van der Waals surface area (Å²) in [5.41, 5.74) is 0. The summed E-state index contributed by atoms with van der Waals surface area (Å²) in [6.07, 6.45) is 1.19. The van der Waals surface area contributed by atoms with Gasteiger partial charge in [0, 0.05) is 13.1 Å². The van der Waals surface area contributed by atoms with E-state index in [-0.39, 0.29) is 0 Å². The van der Waals surface area contributed by atoms with Crippen LogP contribution in [0.2, 0.25) is 0 Å². The minimum Gasteiger partial charge on any atom is -0.465 e. The average molecular weight is 196 g/mol. The smallest absolute Gasteiger partial charge is 0.117 e. The minimum absolute atomic E-state index is 0.821. The molecule has 0 saturated heterocycles. The first-order valence-corrected chi connectivity index (χ1v) is 5.29. The fraction of sp³-hybridized carbons (Fsp3) is 0.636. The van der Waals surface area contributed by atoms with Crippen LogP contribution < -0.4 is 10.6 Å². The van der Waals surface area contributed by atoms with Crippen LogP contribution in [-0.4, -0.2) is 19.6 Å². The molecule has 0 fully saturated rings. The van der Waals surface area contributed by atoms with Crippen LogP contribution in [0.3, 0.4) is 0 Å². The maximum atomic E-state index is 5.43. The lowest BCUT2D eigenvalue weighted by Crippen LogP contribution is -2.27. The van der Waals surface area contributed by atoms with Crippen molar-refractivity contribution in [2.75, 3.05) is 19.6 Å². The standard InChI is InChI=1S/C11H20N2O/c1-3-6-12-7-8-13-9-11-5-4-10(2)14-11/h4-5,12-13H,3,6-9H2,1-2H3. The lowest BCUT2D eigenvalue weighted by Gasteiger charge is -2.03. The highest BCUT2D eigenvalue weighted by Gasteiger charge is 1.96. The molecule has 0 aliphatic rings. The van der Waals surface area contributed by atoms with E-state index in [9.17, 15) is 0 Å². The molecule has 0 unspecified atom stereocenters. The van der Waals surface area contributed by atoms with Crippen LogP contribution in [0.4, 0.5) is 0 Å². The first kappa shape index (κ1) is 11.3. The van der Waals surface area contributed by atoms with Crippen molar-refractivity contribution in [3.8, 4) is 0 Å². The lowest BCUT2D eigenvalue weighted by atomic mass is 10.4. The number of rotatable bonds is 7. The Kier molecular flexibility index (Phi) is 5.33. The second kappa shape index (κ2) is 6.62. The van der Waals surface area contributed by atoms with Crippen LogP contribution in [0.25, 0.3) is 0 Å². The molecule has 1 aromatic rings. The van der Waals surface area contributed by atoms with E-state index in [1.54, 1.807) is 0 Å². The fourth-order valence-corrected chi connectivity index (χ4v) is 1.27. The molecule has 0 aliphatic carbocycles. The van der Waals surface area contributed by atoms with Gasteiger partial charge >= 0.3 is 0 Å². The largest absolute Gasteiger partial charge is 0.465 e. The molecule has 1 heterocycles. The van der Waals surface area contributed by atoms with Gasteiger partial charge in [0.05, 0.1) is 6.54 Å². The predicted molar refractivity (Wildman–Crippen MR) is 58.3 cm³/mol. The highest BCUT2D eigenvalue weighted by atomic mass is 16.3. The Hall–Kier alpha value is -0.800. The van der Waals surface area contributed by atoms with E-state index in [2.05, 4.69) is 17.6 Å². The van der Waals surface area contributed by atoms with Crippen molar-refractivity contribution in [2.24, 2.45) is 0 Å². The number of hydrogen-bond acceptors (Lipinski definition) is 3. The van der Waals surface area contributed by atoms with Gasteiger partial charge in [-0.15, -0.1) is 0 Å². The Morgan fingerprint density at radius 2 is 1.93 bits per heavy atom. The Labute approximate surface area is 85.9 Å². The molecule has 0 aliphatic heterocycles. The SMILES string of the molecule is CCCNCCNCc1ccc(C)o1. The van der Waals surface area contributed by atoms with Gasteiger partial charge in [0.2, 0.25) is 0 Å². The Balaban J connectivity index is 1.99. The zero-order valence-corrected chi connectivity index (χ0v) is 9.10. The molecule has 1 aromatic heterocycles. The molecule has 14 heavy (non-hydrogen) atoms. The predicted octanol–water partition coefficient (Wildman–Crippen LogP) is 1.68. The molecule has 1 rings (SSSR count). The Bertz CT molecular complexity index is 245. The molecule has 0 saturated carbocycles. The normalized spacial score (nSPS) is 10.7. The fourth-order valence-electron chi connectivity index (χ4n) is 1.27. The van der Waals surface area contributed by atoms with Gasteiger partial charge in [-0.3, -0.25) is 0 Å². The molecule has 0 spiro atoms. The molecular weight excluding hydrogens is 176 g/mol. The second-order valence-electron chi connectivity index (χ2n) is 3.44. The molecule has 0 bridgehead atoms.